The van der Waals surface area contributed by atoms with Crippen molar-refractivity contribution >= 4 is 10.8 Å². The van der Waals surface area contributed by atoms with Gasteiger partial charge in [0.25, 0.3) is 0 Å². The molecule has 0 aliphatic heterocycles. The minimum absolute atomic E-state index is 0.821. The van der Waals surface area contributed by atoms with E-state index in [1.54, 1.807) is 0 Å². The van der Waals surface area contributed by atoms with E-state index in [9.17, 15) is 0 Å². The average molecular weight is 277 g/mol. The summed E-state index contributed by atoms with van der Waals surface area (Å²) in [5.41, 5.74) is 2.31. The predicted molar refractivity (Wildman–Crippen MR) is 86.0 cm³/mol. The summed E-state index contributed by atoms with van der Waals surface area (Å²) < 4.78 is 0. The Morgan fingerprint density at radius 2 is 1.95 bits per heavy atom. The molecule has 0 bridgehead atoms. The van der Waals surface area contributed by atoms with Gasteiger partial charge in [-0.05, 0) is 36.1 Å². The van der Waals surface area contributed by atoms with Gasteiger partial charge in [0.15, 0.2) is 0 Å². The number of rotatable bonds is 5. The van der Waals surface area contributed by atoms with Crippen LogP contribution in [0.2, 0.25) is 0 Å². The summed E-state index contributed by atoms with van der Waals surface area (Å²) in [5.74, 6) is 1.91. The molecule has 0 spiro atoms. The van der Waals surface area contributed by atoms with E-state index in [0.29, 0.717) is 0 Å². The molecule has 2 N–H and O–H groups in total. The third-order valence-electron chi connectivity index (χ3n) is 4.13. The van der Waals surface area contributed by atoms with Crippen molar-refractivity contribution in [3.05, 3.63) is 54.5 Å². The number of hydrogen-bond acceptors (Lipinski definition) is 2. The molecule has 4 rings (SSSR count). The Hall–Kier alpha value is -2.13. The first kappa shape index (κ1) is 12.6. The molecule has 2 aromatic carbocycles. The topological polar surface area (TPSA) is 40.7 Å². The van der Waals surface area contributed by atoms with Gasteiger partial charge in [0.05, 0.1) is 18.4 Å². The fourth-order valence-corrected chi connectivity index (χ4v) is 2.77. The van der Waals surface area contributed by atoms with Gasteiger partial charge in [0, 0.05) is 5.56 Å². The monoisotopic (exact) mass is 277 g/mol. The fourth-order valence-electron chi connectivity index (χ4n) is 2.77. The van der Waals surface area contributed by atoms with E-state index in [1.807, 2.05) is 6.20 Å². The third kappa shape index (κ3) is 2.69. The van der Waals surface area contributed by atoms with E-state index in [0.717, 1.165) is 30.5 Å². The number of aromatic nitrogens is 2. The van der Waals surface area contributed by atoms with Crippen LogP contribution in [0.4, 0.5) is 0 Å². The number of nitrogens with one attached hydrogen (secondary N) is 2. The second-order valence-electron chi connectivity index (χ2n) is 5.84. The molecule has 1 saturated carbocycles. The van der Waals surface area contributed by atoms with Crippen LogP contribution in [-0.4, -0.2) is 16.5 Å². The average Bonchev–Trinajstić information content (AvgIpc) is 3.23. The zero-order chi connectivity index (χ0) is 14.1. The Bertz CT molecular complexity index is 751. The largest absolute Gasteiger partial charge is 0.341 e. The number of hydrogen-bond donors (Lipinski definition) is 2. The van der Waals surface area contributed by atoms with Crippen molar-refractivity contribution in [1.82, 2.24) is 15.3 Å². The number of benzene rings is 2. The minimum atomic E-state index is 0.821. The molecule has 0 atom stereocenters. The van der Waals surface area contributed by atoms with Gasteiger partial charge in [-0.2, -0.15) is 0 Å². The Balaban J connectivity index is 1.58. The molecule has 3 nitrogen and oxygen atoms in total. The minimum Gasteiger partial charge on any atom is -0.341 e. The first-order valence-corrected chi connectivity index (χ1v) is 7.63. The molecule has 0 saturated heterocycles. The molecule has 1 heterocycles. The molecular formula is C18H19N3. The maximum atomic E-state index is 4.50. The standard InChI is InChI=1S/C18H19N3/c1-2-6-15-14(4-1)5-3-7-16(15)17-11-20-18(21-17)12-19-10-13-8-9-13/h1-7,11,13,19H,8-10,12H2,(H,20,21). The zero-order valence-electron chi connectivity index (χ0n) is 12.0. The van der Waals surface area contributed by atoms with Gasteiger partial charge in [-0.3, -0.25) is 0 Å². The van der Waals surface area contributed by atoms with E-state index < -0.39 is 0 Å². The molecule has 1 aliphatic carbocycles. The third-order valence-corrected chi connectivity index (χ3v) is 4.13. The van der Waals surface area contributed by atoms with Crippen molar-refractivity contribution in [1.29, 1.82) is 0 Å². The van der Waals surface area contributed by atoms with Gasteiger partial charge < -0.3 is 10.3 Å². The van der Waals surface area contributed by atoms with Crippen LogP contribution in [-0.2, 0) is 6.54 Å². The summed E-state index contributed by atoms with van der Waals surface area (Å²) >= 11 is 0. The van der Waals surface area contributed by atoms with E-state index in [2.05, 4.69) is 57.7 Å². The highest BCUT2D eigenvalue weighted by atomic mass is 15.0. The second kappa shape index (κ2) is 5.34. The summed E-state index contributed by atoms with van der Waals surface area (Å²) in [7, 11) is 0. The number of imidazole rings is 1. The molecule has 1 fully saturated rings. The first-order chi connectivity index (χ1) is 10.4. The Labute approximate surface area is 124 Å². The molecule has 21 heavy (non-hydrogen) atoms. The van der Waals surface area contributed by atoms with Gasteiger partial charge in [0.1, 0.15) is 5.82 Å². The van der Waals surface area contributed by atoms with Gasteiger partial charge in [-0.15, -0.1) is 0 Å². The van der Waals surface area contributed by atoms with Crippen LogP contribution in [0.5, 0.6) is 0 Å². The highest BCUT2D eigenvalue weighted by molar-refractivity contribution is 5.95. The van der Waals surface area contributed by atoms with Crippen molar-refractivity contribution in [3.63, 3.8) is 0 Å². The van der Waals surface area contributed by atoms with Crippen LogP contribution < -0.4 is 5.32 Å². The fraction of sp³-hybridized carbons (Fsp3) is 0.278. The molecule has 106 valence electrons. The van der Waals surface area contributed by atoms with Crippen LogP contribution in [0.1, 0.15) is 18.7 Å². The van der Waals surface area contributed by atoms with Crippen molar-refractivity contribution < 1.29 is 0 Å². The number of aromatic amines is 1. The van der Waals surface area contributed by atoms with E-state index >= 15 is 0 Å². The van der Waals surface area contributed by atoms with Gasteiger partial charge >= 0.3 is 0 Å². The highest BCUT2D eigenvalue weighted by Gasteiger charge is 2.20. The highest BCUT2D eigenvalue weighted by Crippen LogP contribution is 2.28. The zero-order valence-corrected chi connectivity index (χ0v) is 12.0. The van der Waals surface area contributed by atoms with Crippen molar-refractivity contribution in [2.45, 2.75) is 19.4 Å². The lowest BCUT2D eigenvalue weighted by Gasteiger charge is -2.04. The van der Waals surface area contributed by atoms with Crippen LogP contribution in [0.15, 0.2) is 48.7 Å². The Morgan fingerprint density at radius 3 is 2.86 bits per heavy atom. The molecular weight excluding hydrogens is 258 g/mol. The summed E-state index contributed by atoms with van der Waals surface area (Å²) in [5, 5.41) is 6.00. The smallest absolute Gasteiger partial charge is 0.120 e. The van der Waals surface area contributed by atoms with Crippen molar-refractivity contribution in [2.24, 2.45) is 5.92 Å². The maximum Gasteiger partial charge on any atom is 0.120 e. The summed E-state index contributed by atoms with van der Waals surface area (Å²) in [6, 6.07) is 14.9. The lowest BCUT2D eigenvalue weighted by molar-refractivity contribution is 0.623. The lowest BCUT2D eigenvalue weighted by Crippen LogP contribution is -2.16. The molecule has 1 aromatic heterocycles. The number of H-pyrrole nitrogens is 1. The Morgan fingerprint density at radius 1 is 1.10 bits per heavy atom. The van der Waals surface area contributed by atoms with Crippen molar-refractivity contribution in [2.75, 3.05) is 6.54 Å². The quantitative estimate of drug-likeness (QED) is 0.746. The summed E-state index contributed by atoms with van der Waals surface area (Å²) in [6.45, 7) is 1.94. The van der Waals surface area contributed by atoms with E-state index in [4.69, 9.17) is 0 Å². The first-order valence-electron chi connectivity index (χ1n) is 7.63. The van der Waals surface area contributed by atoms with Crippen LogP contribution in [0, 0.1) is 5.92 Å². The van der Waals surface area contributed by atoms with E-state index in [1.165, 1.54) is 29.2 Å². The summed E-state index contributed by atoms with van der Waals surface area (Å²) in [4.78, 5) is 7.94. The number of fused-ring (bicyclic) bond motifs is 1. The molecule has 1 aliphatic rings. The maximum absolute atomic E-state index is 4.50. The second-order valence-corrected chi connectivity index (χ2v) is 5.84. The molecule has 0 unspecified atom stereocenters. The van der Waals surface area contributed by atoms with Gasteiger partial charge in [-0.1, -0.05) is 42.5 Å². The number of nitrogens with zero attached hydrogens (tertiary/aromatic N) is 1. The SMILES string of the molecule is c1ccc2c(-c3cnc(CNCC4CC4)[nH]3)cccc2c1. The predicted octanol–water partition coefficient (Wildman–Crippen LogP) is 3.73. The molecule has 0 amide bonds. The summed E-state index contributed by atoms with van der Waals surface area (Å²) in [6.07, 6.45) is 4.70. The molecule has 3 heteroatoms. The van der Waals surface area contributed by atoms with Gasteiger partial charge in [0.2, 0.25) is 0 Å². The lowest BCUT2D eigenvalue weighted by atomic mass is 10.0. The van der Waals surface area contributed by atoms with E-state index in [-0.39, 0.29) is 0 Å². The Kier molecular flexibility index (Phi) is 3.20. The van der Waals surface area contributed by atoms with Gasteiger partial charge in [-0.25, -0.2) is 4.98 Å². The van der Waals surface area contributed by atoms with Crippen LogP contribution in [0.3, 0.4) is 0 Å². The molecule has 0 radical (unpaired) electrons. The van der Waals surface area contributed by atoms with Crippen molar-refractivity contribution in [3.8, 4) is 11.3 Å². The van der Waals surface area contributed by atoms with Crippen LogP contribution in [0.25, 0.3) is 22.0 Å². The van der Waals surface area contributed by atoms with Crippen LogP contribution >= 0.6 is 0 Å². The normalized spacial score (nSPS) is 14.7. The molecule has 3 aromatic rings.